The largest absolute Gasteiger partial charge is 0.492 e. The highest BCUT2D eigenvalue weighted by Gasteiger charge is 2.15. The molecule has 0 saturated heterocycles. The lowest BCUT2D eigenvalue weighted by Gasteiger charge is -2.09. The number of nitro groups is 1. The van der Waals surface area contributed by atoms with Crippen LogP contribution in [0.3, 0.4) is 0 Å². The highest BCUT2D eigenvalue weighted by molar-refractivity contribution is 5.75. The Morgan fingerprint density at radius 2 is 2.08 bits per heavy atom. The van der Waals surface area contributed by atoms with Crippen LogP contribution in [0.1, 0.15) is 5.56 Å². The summed E-state index contributed by atoms with van der Waals surface area (Å²) in [6, 6.07) is 11.5. The lowest BCUT2D eigenvalue weighted by molar-refractivity contribution is -0.385. The first kappa shape index (κ1) is 17.7. The van der Waals surface area contributed by atoms with Crippen LogP contribution in [0.15, 0.2) is 47.4 Å². The minimum atomic E-state index is -0.760. The number of ether oxygens (including phenoxy) is 1. The van der Waals surface area contributed by atoms with Crippen molar-refractivity contribution in [1.82, 2.24) is 9.88 Å². The molecule has 0 radical (unpaired) electrons. The molecule has 9 heteroatoms. The van der Waals surface area contributed by atoms with Gasteiger partial charge in [0.1, 0.15) is 30.5 Å². The Kier molecular flexibility index (Phi) is 5.84. The molecular weight excluding hydrogens is 328 g/mol. The number of hydrogen-bond donors (Lipinski definition) is 1. The van der Waals surface area contributed by atoms with Gasteiger partial charge in [0, 0.05) is 6.07 Å². The summed E-state index contributed by atoms with van der Waals surface area (Å²) in [5, 5.41) is 22.2. The van der Waals surface area contributed by atoms with E-state index in [1.165, 1.54) is 0 Å². The average molecular weight is 342 g/mol. The first-order valence-corrected chi connectivity index (χ1v) is 7.25. The Hall–Kier alpha value is -3.67. The van der Waals surface area contributed by atoms with Crippen molar-refractivity contribution in [2.45, 2.75) is 6.54 Å². The molecule has 1 aromatic carbocycles. The first-order valence-electron chi connectivity index (χ1n) is 7.25. The zero-order valence-corrected chi connectivity index (χ0v) is 13.0. The molecule has 0 saturated carbocycles. The predicted molar refractivity (Wildman–Crippen MR) is 87.0 cm³/mol. The number of hydrogen-bond acceptors (Lipinski definition) is 6. The first-order chi connectivity index (χ1) is 12.0. The molecule has 0 spiro atoms. The Morgan fingerprint density at radius 3 is 2.72 bits per heavy atom. The topological polar surface area (TPSA) is 127 Å². The van der Waals surface area contributed by atoms with Gasteiger partial charge in [0.25, 0.3) is 11.2 Å². The third kappa shape index (κ3) is 4.90. The summed E-state index contributed by atoms with van der Waals surface area (Å²) in [7, 11) is 0. The molecule has 1 aromatic heterocycles. The summed E-state index contributed by atoms with van der Waals surface area (Å²) in [5.74, 6) is 0.133. The van der Waals surface area contributed by atoms with Crippen molar-refractivity contribution in [2.24, 2.45) is 0 Å². The van der Waals surface area contributed by atoms with Gasteiger partial charge in [-0.25, -0.2) is 0 Å². The maximum absolute atomic E-state index is 11.9. The molecule has 0 aliphatic carbocycles. The molecule has 0 aliphatic rings. The maximum Gasteiger partial charge on any atom is 0.287 e. The lowest BCUT2D eigenvalue weighted by atomic mass is 10.2. The Morgan fingerprint density at radius 1 is 1.36 bits per heavy atom. The molecule has 2 aromatic rings. The number of rotatable bonds is 7. The number of para-hydroxylation sites is 1. The van der Waals surface area contributed by atoms with Crippen LogP contribution >= 0.6 is 0 Å². The highest BCUT2D eigenvalue weighted by atomic mass is 16.6. The number of aromatic nitrogens is 1. The zero-order valence-electron chi connectivity index (χ0n) is 13.0. The molecule has 1 heterocycles. The standard InChI is InChI=1S/C16H14N4O5/c17-9-12-8-13(20(23)24)10-19(16(12)22)11-15(21)18-6-7-25-14-4-2-1-3-5-14/h1-5,8,10H,6-7,11H2,(H,18,21). The Balaban J connectivity index is 1.94. The Labute approximate surface area is 142 Å². The van der Waals surface area contributed by atoms with Crippen molar-refractivity contribution in [3.05, 3.63) is 68.6 Å². The fourth-order valence-corrected chi connectivity index (χ4v) is 2.00. The van der Waals surface area contributed by atoms with Gasteiger partial charge in [0.05, 0.1) is 17.7 Å². The van der Waals surface area contributed by atoms with Crippen molar-refractivity contribution < 1.29 is 14.5 Å². The molecular formula is C16H14N4O5. The molecule has 1 N–H and O–H groups in total. The summed E-state index contributed by atoms with van der Waals surface area (Å²) in [6.07, 6.45) is 0.934. The van der Waals surface area contributed by atoms with Gasteiger partial charge >= 0.3 is 0 Å². The van der Waals surface area contributed by atoms with Gasteiger partial charge in [-0.2, -0.15) is 5.26 Å². The minimum absolute atomic E-state index is 0.197. The molecule has 1 amide bonds. The Bertz CT molecular complexity index is 870. The molecule has 0 atom stereocenters. The minimum Gasteiger partial charge on any atom is -0.492 e. The normalized spacial score (nSPS) is 9.88. The van der Waals surface area contributed by atoms with E-state index >= 15 is 0 Å². The smallest absolute Gasteiger partial charge is 0.287 e. The van der Waals surface area contributed by atoms with Gasteiger partial charge in [-0.05, 0) is 12.1 Å². The predicted octanol–water partition coefficient (Wildman–Crippen LogP) is 0.823. The van der Waals surface area contributed by atoms with E-state index in [2.05, 4.69) is 5.32 Å². The quantitative estimate of drug-likeness (QED) is 0.451. The zero-order chi connectivity index (χ0) is 18.2. The molecule has 0 fully saturated rings. The van der Waals surface area contributed by atoms with Crippen LogP contribution in [-0.2, 0) is 11.3 Å². The molecule has 128 valence electrons. The van der Waals surface area contributed by atoms with E-state index in [0.29, 0.717) is 5.75 Å². The number of nitrogens with one attached hydrogen (secondary N) is 1. The van der Waals surface area contributed by atoms with Gasteiger partial charge in [0.15, 0.2) is 0 Å². The van der Waals surface area contributed by atoms with Crippen LogP contribution in [0.2, 0.25) is 0 Å². The number of nitrogens with zero attached hydrogens (tertiary/aromatic N) is 3. The fourth-order valence-electron chi connectivity index (χ4n) is 2.00. The van der Waals surface area contributed by atoms with Crippen LogP contribution in [0.25, 0.3) is 0 Å². The van der Waals surface area contributed by atoms with Gasteiger partial charge in [0.2, 0.25) is 5.91 Å². The fraction of sp³-hybridized carbons (Fsp3) is 0.188. The lowest BCUT2D eigenvalue weighted by Crippen LogP contribution is -2.35. The van der Waals surface area contributed by atoms with E-state index in [1.54, 1.807) is 18.2 Å². The second kappa shape index (κ2) is 8.26. The van der Waals surface area contributed by atoms with Crippen molar-refractivity contribution in [3.63, 3.8) is 0 Å². The number of carbonyl (C=O) groups is 1. The van der Waals surface area contributed by atoms with E-state index in [1.807, 2.05) is 18.2 Å². The van der Waals surface area contributed by atoms with E-state index < -0.39 is 34.2 Å². The second-order valence-corrected chi connectivity index (χ2v) is 4.93. The molecule has 0 aliphatic heterocycles. The molecule has 25 heavy (non-hydrogen) atoms. The molecule has 2 rings (SSSR count). The summed E-state index contributed by atoms with van der Waals surface area (Å²) < 4.78 is 6.24. The molecule has 0 bridgehead atoms. The van der Waals surface area contributed by atoms with E-state index in [9.17, 15) is 19.7 Å². The van der Waals surface area contributed by atoms with E-state index in [-0.39, 0.29) is 13.2 Å². The number of carbonyl (C=O) groups excluding carboxylic acids is 1. The van der Waals surface area contributed by atoms with Gasteiger partial charge in [-0.1, -0.05) is 18.2 Å². The van der Waals surface area contributed by atoms with Crippen LogP contribution in [-0.4, -0.2) is 28.5 Å². The van der Waals surface area contributed by atoms with Crippen LogP contribution < -0.4 is 15.6 Å². The monoisotopic (exact) mass is 342 g/mol. The second-order valence-electron chi connectivity index (χ2n) is 4.93. The SMILES string of the molecule is N#Cc1cc([N+](=O)[O-])cn(CC(=O)NCCOc2ccccc2)c1=O. The van der Waals surface area contributed by atoms with E-state index in [0.717, 1.165) is 16.8 Å². The van der Waals surface area contributed by atoms with Crippen LogP contribution in [0.5, 0.6) is 5.75 Å². The third-order valence-corrected chi connectivity index (χ3v) is 3.15. The van der Waals surface area contributed by atoms with Crippen molar-refractivity contribution >= 4 is 11.6 Å². The number of amides is 1. The number of benzene rings is 1. The molecule has 0 unspecified atom stereocenters. The summed E-state index contributed by atoms with van der Waals surface area (Å²) >= 11 is 0. The average Bonchev–Trinajstić information content (AvgIpc) is 2.61. The van der Waals surface area contributed by atoms with Crippen molar-refractivity contribution in [2.75, 3.05) is 13.2 Å². The molecule has 9 nitrogen and oxygen atoms in total. The van der Waals surface area contributed by atoms with Gasteiger partial charge < -0.3 is 10.1 Å². The van der Waals surface area contributed by atoms with Gasteiger partial charge in [-0.15, -0.1) is 0 Å². The summed E-state index contributed by atoms with van der Waals surface area (Å²) in [5.41, 5.74) is -1.59. The van der Waals surface area contributed by atoms with Crippen LogP contribution in [0, 0.1) is 21.4 Å². The maximum atomic E-state index is 11.9. The number of pyridine rings is 1. The van der Waals surface area contributed by atoms with Gasteiger partial charge in [-0.3, -0.25) is 24.3 Å². The van der Waals surface area contributed by atoms with E-state index in [4.69, 9.17) is 10.00 Å². The third-order valence-electron chi connectivity index (χ3n) is 3.15. The van der Waals surface area contributed by atoms with Crippen molar-refractivity contribution in [3.8, 4) is 11.8 Å². The summed E-state index contributed by atoms with van der Waals surface area (Å²) in [4.78, 5) is 33.9. The number of nitriles is 1. The summed E-state index contributed by atoms with van der Waals surface area (Å²) in [6.45, 7) is -0.00786. The van der Waals surface area contributed by atoms with Crippen molar-refractivity contribution in [1.29, 1.82) is 5.26 Å². The highest BCUT2D eigenvalue weighted by Crippen LogP contribution is 2.09. The van der Waals surface area contributed by atoms with Crippen LogP contribution in [0.4, 0.5) is 5.69 Å².